The van der Waals surface area contributed by atoms with Gasteiger partial charge in [0.05, 0.1) is 0 Å². The number of amides is 2. The molecule has 1 aliphatic carbocycles. The van der Waals surface area contributed by atoms with Crippen LogP contribution in [0.25, 0.3) is 0 Å². The molecule has 0 unspecified atom stereocenters. The zero-order valence-electron chi connectivity index (χ0n) is 7.18. The summed E-state index contributed by atoms with van der Waals surface area (Å²) in [6, 6.07) is 0.346. The Labute approximate surface area is 67.5 Å². The zero-order valence-corrected chi connectivity index (χ0v) is 7.18. The Morgan fingerprint density at radius 2 is 2.18 bits per heavy atom. The molecule has 0 aromatic heterocycles. The first-order valence-corrected chi connectivity index (χ1v) is 4.22. The molecule has 0 saturated heterocycles. The SMILES string of the molecule is CNC(=O)N[C@H]1CCC[C@H]1C. The first-order valence-electron chi connectivity index (χ1n) is 4.22. The minimum atomic E-state index is -0.0521. The number of carbonyl (C=O) groups is 1. The van der Waals surface area contributed by atoms with E-state index in [9.17, 15) is 4.79 Å². The van der Waals surface area contributed by atoms with Crippen LogP contribution in [0.15, 0.2) is 0 Å². The summed E-state index contributed by atoms with van der Waals surface area (Å²) in [4.78, 5) is 10.9. The summed E-state index contributed by atoms with van der Waals surface area (Å²) in [7, 11) is 1.65. The van der Waals surface area contributed by atoms with Crippen molar-refractivity contribution in [3.8, 4) is 0 Å². The number of carbonyl (C=O) groups excluding carboxylic acids is 1. The van der Waals surface area contributed by atoms with Crippen LogP contribution in [0.3, 0.4) is 0 Å². The van der Waals surface area contributed by atoms with Crippen molar-refractivity contribution in [2.75, 3.05) is 7.05 Å². The maximum absolute atomic E-state index is 10.9. The van der Waals surface area contributed by atoms with E-state index < -0.39 is 0 Å². The van der Waals surface area contributed by atoms with Gasteiger partial charge in [-0.1, -0.05) is 13.3 Å². The highest BCUT2D eigenvalue weighted by Gasteiger charge is 2.23. The average molecular weight is 156 g/mol. The van der Waals surface area contributed by atoms with E-state index in [-0.39, 0.29) is 6.03 Å². The third-order valence-corrected chi connectivity index (χ3v) is 2.41. The molecule has 0 bridgehead atoms. The molecule has 0 spiro atoms. The fourth-order valence-electron chi connectivity index (χ4n) is 1.60. The predicted molar refractivity (Wildman–Crippen MR) is 44.4 cm³/mol. The largest absolute Gasteiger partial charge is 0.341 e. The fourth-order valence-corrected chi connectivity index (χ4v) is 1.60. The molecule has 2 N–H and O–H groups in total. The normalized spacial score (nSPS) is 30.0. The molecule has 2 amide bonds. The molecule has 3 nitrogen and oxygen atoms in total. The smallest absolute Gasteiger partial charge is 0.314 e. The number of nitrogens with one attached hydrogen (secondary N) is 2. The van der Waals surface area contributed by atoms with Crippen LogP contribution in [0.5, 0.6) is 0 Å². The van der Waals surface area contributed by atoms with Gasteiger partial charge in [-0.05, 0) is 18.8 Å². The van der Waals surface area contributed by atoms with Gasteiger partial charge in [-0.25, -0.2) is 4.79 Å². The van der Waals surface area contributed by atoms with Crippen molar-refractivity contribution in [1.82, 2.24) is 10.6 Å². The molecular formula is C8H16N2O. The Balaban J connectivity index is 2.30. The summed E-state index contributed by atoms with van der Waals surface area (Å²) in [5, 5.41) is 5.49. The van der Waals surface area contributed by atoms with Gasteiger partial charge in [-0.2, -0.15) is 0 Å². The van der Waals surface area contributed by atoms with E-state index in [1.54, 1.807) is 7.05 Å². The quantitative estimate of drug-likeness (QED) is 0.586. The molecule has 1 fully saturated rings. The lowest BCUT2D eigenvalue weighted by molar-refractivity contribution is 0.236. The van der Waals surface area contributed by atoms with E-state index in [1.165, 1.54) is 12.8 Å². The number of urea groups is 1. The first kappa shape index (κ1) is 8.37. The molecule has 0 radical (unpaired) electrons. The van der Waals surface area contributed by atoms with Crippen LogP contribution in [0.2, 0.25) is 0 Å². The lowest BCUT2D eigenvalue weighted by Gasteiger charge is -2.16. The topological polar surface area (TPSA) is 41.1 Å². The van der Waals surface area contributed by atoms with E-state index in [0.29, 0.717) is 12.0 Å². The van der Waals surface area contributed by atoms with E-state index >= 15 is 0 Å². The van der Waals surface area contributed by atoms with Gasteiger partial charge >= 0.3 is 6.03 Å². The van der Waals surface area contributed by atoms with Crippen molar-refractivity contribution in [2.45, 2.75) is 32.2 Å². The lowest BCUT2D eigenvalue weighted by Crippen LogP contribution is -2.41. The highest BCUT2D eigenvalue weighted by Crippen LogP contribution is 2.24. The van der Waals surface area contributed by atoms with Gasteiger partial charge in [0.2, 0.25) is 0 Å². The highest BCUT2D eigenvalue weighted by atomic mass is 16.2. The maximum atomic E-state index is 10.9. The minimum absolute atomic E-state index is 0.0521. The first-order chi connectivity index (χ1) is 5.24. The van der Waals surface area contributed by atoms with Crippen LogP contribution in [-0.2, 0) is 0 Å². The zero-order chi connectivity index (χ0) is 8.27. The standard InChI is InChI=1S/C8H16N2O/c1-6-4-3-5-7(6)10-8(11)9-2/h6-7H,3-5H2,1-2H3,(H2,9,10,11)/t6-,7+/m1/s1. The van der Waals surface area contributed by atoms with Crippen molar-refractivity contribution >= 4 is 6.03 Å². The molecule has 64 valence electrons. The van der Waals surface area contributed by atoms with E-state index in [4.69, 9.17) is 0 Å². The third-order valence-electron chi connectivity index (χ3n) is 2.41. The summed E-state index contributed by atoms with van der Waals surface area (Å²) in [6.07, 6.45) is 3.62. The van der Waals surface area contributed by atoms with Crippen LogP contribution in [-0.4, -0.2) is 19.1 Å². The second kappa shape index (κ2) is 3.60. The summed E-state index contributed by atoms with van der Waals surface area (Å²) >= 11 is 0. The monoisotopic (exact) mass is 156 g/mol. The molecule has 0 aliphatic heterocycles. The van der Waals surface area contributed by atoms with Gasteiger partial charge in [-0.15, -0.1) is 0 Å². The summed E-state index contributed by atoms with van der Waals surface area (Å²) in [5.41, 5.74) is 0. The molecule has 3 heteroatoms. The number of hydrogen-bond acceptors (Lipinski definition) is 1. The fraction of sp³-hybridized carbons (Fsp3) is 0.875. The van der Waals surface area contributed by atoms with Gasteiger partial charge in [0, 0.05) is 13.1 Å². The lowest BCUT2D eigenvalue weighted by atomic mass is 10.1. The van der Waals surface area contributed by atoms with Crippen molar-refractivity contribution in [1.29, 1.82) is 0 Å². The predicted octanol–water partition coefficient (Wildman–Crippen LogP) is 1.10. The average Bonchev–Trinajstić information content (AvgIpc) is 2.37. The molecule has 0 aromatic rings. The van der Waals surface area contributed by atoms with Crippen LogP contribution < -0.4 is 10.6 Å². The highest BCUT2D eigenvalue weighted by molar-refractivity contribution is 5.73. The molecule has 11 heavy (non-hydrogen) atoms. The third kappa shape index (κ3) is 2.10. The van der Waals surface area contributed by atoms with E-state index in [0.717, 1.165) is 6.42 Å². The molecular weight excluding hydrogens is 140 g/mol. The molecule has 1 aliphatic rings. The Morgan fingerprint density at radius 3 is 2.64 bits per heavy atom. The van der Waals surface area contributed by atoms with Gasteiger partial charge in [-0.3, -0.25) is 0 Å². The second-order valence-electron chi connectivity index (χ2n) is 3.24. The Kier molecular flexibility index (Phi) is 2.74. The minimum Gasteiger partial charge on any atom is -0.341 e. The van der Waals surface area contributed by atoms with Crippen LogP contribution in [0.1, 0.15) is 26.2 Å². The van der Waals surface area contributed by atoms with Crippen LogP contribution >= 0.6 is 0 Å². The number of rotatable bonds is 1. The molecule has 2 atom stereocenters. The Hall–Kier alpha value is -0.730. The van der Waals surface area contributed by atoms with Crippen LogP contribution in [0.4, 0.5) is 4.79 Å². The summed E-state index contributed by atoms with van der Waals surface area (Å²) < 4.78 is 0. The maximum Gasteiger partial charge on any atom is 0.314 e. The van der Waals surface area contributed by atoms with Crippen molar-refractivity contribution in [3.63, 3.8) is 0 Å². The molecule has 0 heterocycles. The van der Waals surface area contributed by atoms with Gasteiger partial charge in [0.15, 0.2) is 0 Å². The van der Waals surface area contributed by atoms with Gasteiger partial charge in [0.1, 0.15) is 0 Å². The Morgan fingerprint density at radius 1 is 1.45 bits per heavy atom. The van der Waals surface area contributed by atoms with E-state index in [2.05, 4.69) is 17.6 Å². The van der Waals surface area contributed by atoms with Crippen LogP contribution in [0, 0.1) is 5.92 Å². The summed E-state index contributed by atoms with van der Waals surface area (Å²) in [5.74, 6) is 0.646. The molecule has 1 rings (SSSR count). The van der Waals surface area contributed by atoms with Crippen molar-refractivity contribution in [3.05, 3.63) is 0 Å². The Bertz CT molecular complexity index is 147. The summed E-state index contributed by atoms with van der Waals surface area (Å²) in [6.45, 7) is 2.19. The van der Waals surface area contributed by atoms with Crippen molar-refractivity contribution < 1.29 is 4.79 Å². The second-order valence-corrected chi connectivity index (χ2v) is 3.24. The van der Waals surface area contributed by atoms with Gasteiger partial charge in [0.25, 0.3) is 0 Å². The van der Waals surface area contributed by atoms with E-state index in [1.807, 2.05) is 0 Å². The molecule has 0 aromatic carbocycles. The number of hydrogen-bond donors (Lipinski definition) is 2. The molecule has 1 saturated carbocycles. The van der Waals surface area contributed by atoms with Crippen molar-refractivity contribution in [2.24, 2.45) is 5.92 Å². The van der Waals surface area contributed by atoms with Gasteiger partial charge < -0.3 is 10.6 Å².